The number of methoxy groups -OCH3 is 1. The predicted molar refractivity (Wildman–Crippen MR) is 158 cm³/mol. The standard InChI is InChI=1S/C29H27ClINO8S/c1-39-24-15-16(14-19(31)29(24)40-41(37,38)18-10-8-17(30)9-11-18)26-27-20(4-2-6-22(27)33)32(13-12-25(35)36)21-5-3-7-23(34)28(21)26/h8-11,14-15,26H,2-7,12-13H2,1H3,(H,35,36). The van der Waals surface area contributed by atoms with Gasteiger partial charge in [0, 0.05) is 52.9 Å². The molecular formula is C29H27ClINO8S. The normalized spacial score (nSPS) is 17.9. The molecule has 2 aliphatic carbocycles. The molecule has 3 aliphatic rings. The number of hydrogen-bond donors (Lipinski definition) is 1. The molecule has 0 atom stereocenters. The Morgan fingerprint density at radius 2 is 1.61 bits per heavy atom. The summed E-state index contributed by atoms with van der Waals surface area (Å²) in [7, 11) is -2.84. The first-order valence-corrected chi connectivity index (χ1v) is 16.0. The maximum Gasteiger partial charge on any atom is 0.339 e. The molecule has 1 N–H and O–H groups in total. The number of Topliss-reactive ketones (excluding diaryl/α,β-unsaturated/α-hetero) is 2. The fourth-order valence-electron chi connectivity index (χ4n) is 5.77. The molecule has 2 aromatic carbocycles. The SMILES string of the molecule is COc1cc(C2C3=C(CCCC3=O)N(CCC(=O)O)C3=C2C(=O)CCC3)cc(I)c1OS(=O)(=O)c1ccc(Cl)cc1. The molecule has 9 nitrogen and oxygen atoms in total. The topological polar surface area (TPSA) is 127 Å². The van der Waals surface area contributed by atoms with Crippen molar-refractivity contribution in [3.63, 3.8) is 0 Å². The molecule has 0 saturated heterocycles. The van der Waals surface area contributed by atoms with Crippen molar-refractivity contribution in [3.8, 4) is 11.5 Å². The Morgan fingerprint density at radius 3 is 2.15 bits per heavy atom. The van der Waals surface area contributed by atoms with E-state index in [4.69, 9.17) is 20.5 Å². The van der Waals surface area contributed by atoms with Crippen molar-refractivity contribution in [2.24, 2.45) is 0 Å². The first-order valence-electron chi connectivity index (χ1n) is 13.1. The molecule has 0 fully saturated rings. The van der Waals surface area contributed by atoms with Crippen LogP contribution in [0.25, 0.3) is 0 Å². The third-order valence-electron chi connectivity index (χ3n) is 7.52. The minimum absolute atomic E-state index is 0.0148. The lowest BCUT2D eigenvalue weighted by molar-refractivity contribution is -0.137. The maximum absolute atomic E-state index is 13.5. The van der Waals surface area contributed by atoms with Crippen molar-refractivity contribution in [2.45, 2.75) is 55.8 Å². The molecule has 216 valence electrons. The highest BCUT2D eigenvalue weighted by Gasteiger charge is 2.43. The van der Waals surface area contributed by atoms with Gasteiger partial charge in [0.1, 0.15) is 4.90 Å². The van der Waals surface area contributed by atoms with Crippen molar-refractivity contribution < 1.29 is 36.8 Å². The van der Waals surface area contributed by atoms with Crippen molar-refractivity contribution in [2.75, 3.05) is 13.7 Å². The van der Waals surface area contributed by atoms with Gasteiger partial charge in [0.25, 0.3) is 0 Å². The Bertz CT molecular complexity index is 1570. The summed E-state index contributed by atoms with van der Waals surface area (Å²) in [5, 5.41) is 9.76. The van der Waals surface area contributed by atoms with Gasteiger partial charge in [-0.05, 0) is 90.2 Å². The van der Waals surface area contributed by atoms with Crippen LogP contribution in [0.15, 0.2) is 63.8 Å². The van der Waals surface area contributed by atoms with Crippen LogP contribution in [-0.2, 0) is 24.5 Å². The summed E-state index contributed by atoms with van der Waals surface area (Å²) in [6, 6.07) is 8.91. The van der Waals surface area contributed by atoms with Gasteiger partial charge in [-0.2, -0.15) is 8.42 Å². The van der Waals surface area contributed by atoms with Crippen molar-refractivity contribution >= 4 is 61.8 Å². The largest absolute Gasteiger partial charge is 0.493 e. The molecule has 1 heterocycles. The summed E-state index contributed by atoms with van der Waals surface area (Å²) in [4.78, 5) is 40.2. The zero-order chi connectivity index (χ0) is 29.5. The first kappa shape index (κ1) is 29.6. The summed E-state index contributed by atoms with van der Waals surface area (Å²) in [5.41, 5.74) is 3.12. The molecule has 41 heavy (non-hydrogen) atoms. The number of carboxylic acids is 1. The molecular weight excluding hydrogens is 685 g/mol. The predicted octanol–water partition coefficient (Wildman–Crippen LogP) is 5.61. The zero-order valence-electron chi connectivity index (χ0n) is 22.1. The number of rotatable bonds is 8. The number of ether oxygens (including phenoxy) is 1. The average Bonchev–Trinajstić information content (AvgIpc) is 2.92. The van der Waals surface area contributed by atoms with E-state index in [1.54, 1.807) is 12.1 Å². The van der Waals surface area contributed by atoms with E-state index in [9.17, 15) is 27.9 Å². The monoisotopic (exact) mass is 711 g/mol. The third kappa shape index (κ3) is 5.76. The summed E-state index contributed by atoms with van der Waals surface area (Å²) >= 11 is 7.86. The molecule has 0 bridgehead atoms. The van der Waals surface area contributed by atoms with E-state index in [0.29, 0.717) is 63.8 Å². The number of hydrogen-bond acceptors (Lipinski definition) is 8. The Balaban J connectivity index is 1.63. The number of carboxylic acid groups (broad SMARTS) is 1. The molecule has 0 saturated carbocycles. The lowest BCUT2D eigenvalue weighted by atomic mass is 9.71. The van der Waals surface area contributed by atoms with Crippen LogP contribution in [0.4, 0.5) is 0 Å². The molecule has 0 unspecified atom stereocenters. The highest BCUT2D eigenvalue weighted by Crippen LogP contribution is 2.51. The summed E-state index contributed by atoms with van der Waals surface area (Å²) in [6.45, 7) is 0.177. The van der Waals surface area contributed by atoms with Gasteiger partial charge in [0.05, 0.1) is 17.1 Å². The average molecular weight is 712 g/mol. The van der Waals surface area contributed by atoms with Gasteiger partial charge in [0.15, 0.2) is 23.1 Å². The van der Waals surface area contributed by atoms with E-state index in [0.717, 1.165) is 11.4 Å². The Hall–Kier alpha value is -2.90. The zero-order valence-corrected chi connectivity index (χ0v) is 25.8. The van der Waals surface area contributed by atoms with Crippen LogP contribution < -0.4 is 8.92 Å². The minimum atomic E-state index is -4.22. The first-order chi connectivity index (χ1) is 19.5. The van der Waals surface area contributed by atoms with Crippen molar-refractivity contribution in [1.29, 1.82) is 0 Å². The molecule has 0 amide bonds. The second-order valence-electron chi connectivity index (χ2n) is 10.0. The molecule has 1 aliphatic heterocycles. The third-order valence-corrected chi connectivity index (χ3v) is 9.81. The second kappa shape index (κ2) is 11.8. The van der Waals surface area contributed by atoms with Gasteiger partial charge < -0.3 is 18.9 Å². The van der Waals surface area contributed by atoms with Crippen LogP contribution in [-0.4, -0.2) is 49.6 Å². The summed E-state index contributed by atoms with van der Waals surface area (Å²) in [6.07, 6.45) is 3.00. The number of halogens is 2. The second-order valence-corrected chi connectivity index (χ2v) is 13.2. The Kier molecular flexibility index (Phi) is 8.49. The Morgan fingerprint density at radius 1 is 1.02 bits per heavy atom. The number of benzene rings is 2. The smallest absolute Gasteiger partial charge is 0.339 e. The van der Waals surface area contributed by atoms with Crippen LogP contribution in [0.3, 0.4) is 0 Å². The highest BCUT2D eigenvalue weighted by molar-refractivity contribution is 14.1. The quantitative estimate of drug-likeness (QED) is 0.275. The van der Waals surface area contributed by atoms with Gasteiger partial charge in [0.2, 0.25) is 0 Å². The molecule has 0 spiro atoms. The van der Waals surface area contributed by atoms with Crippen LogP contribution in [0, 0.1) is 3.57 Å². The van der Waals surface area contributed by atoms with E-state index < -0.39 is 22.0 Å². The van der Waals surface area contributed by atoms with E-state index in [-0.39, 0.29) is 40.9 Å². The fourth-order valence-corrected chi connectivity index (χ4v) is 7.74. The van der Waals surface area contributed by atoms with Crippen LogP contribution in [0.5, 0.6) is 11.5 Å². The van der Waals surface area contributed by atoms with Gasteiger partial charge in [-0.1, -0.05) is 11.6 Å². The number of nitrogens with zero attached hydrogens (tertiary/aromatic N) is 1. The van der Waals surface area contributed by atoms with E-state index in [2.05, 4.69) is 0 Å². The molecule has 0 radical (unpaired) electrons. The minimum Gasteiger partial charge on any atom is -0.493 e. The van der Waals surface area contributed by atoms with E-state index in [1.807, 2.05) is 27.5 Å². The Labute approximate surface area is 256 Å². The lowest BCUT2D eigenvalue weighted by Crippen LogP contribution is -2.40. The fraction of sp³-hybridized carbons (Fsp3) is 0.345. The van der Waals surface area contributed by atoms with Gasteiger partial charge >= 0.3 is 16.1 Å². The summed E-state index contributed by atoms with van der Waals surface area (Å²) < 4.78 is 37.6. The number of allylic oxidation sites excluding steroid dienone is 4. The number of carbonyl (C=O) groups excluding carboxylic acids is 2. The molecule has 5 rings (SSSR count). The molecule has 2 aromatic rings. The summed E-state index contributed by atoms with van der Waals surface area (Å²) in [5.74, 6) is -1.68. The van der Waals surface area contributed by atoms with Crippen molar-refractivity contribution in [3.05, 3.63) is 73.1 Å². The maximum atomic E-state index is 13.5. The van der Waals surface area contributed by atoms with Gasteiger partial charge in [-0.25, -0.2) is 0 Å². The van der Waals surface area contributed by atoms with Crippen LogP contribution in [0.2, 0.25) is 5.02 Å². The number of ketones is 2. The van der Waals surface area contributed by atoms with Crippen LogP contribution >= 0.6 is 34.2 Å². The number of carbonyl (C=O) groups is 3. The van der Waals surface area contributed by atoms with E-state index in [1.165, 1.54) is 31.4 Å². The van der Waals surface area contributed by atoms with E-state index >= 15 is 0 Å². The van der Waals surface area contributed by atoms with Gasteiger partial charge in [-0.3, -0.25) is 14.4 Å². The van der Waals surface area contributed by atoms with Gasteiger partial charge in [-0.15, -0.1) is 0 Å². The van der Waals surface area contributed by atoms with Crippen LogP contribution in [0.1, 0.15) is 56.4 Å². The van der Waals surface area contributed by atoms with Crippen molar-refractivity contribution in [1.82, 2.24) is 4.90 Å². The highest BCUT2D eigenvalue weighted by atomic mass is 127. The lowest BCUT2D eigenvalue weighted by Gasteiger charge is -2.44. The molecule has 0 aromatic heterocycles. The molecule has 12 heteroatoms. The number of aliphatic carboxylic acids is 1.